The van der Waals surface area contributed by atoms with Crippen molar-refractivity contribution >= 4 is 39.6 Å². The lowest BCUT2D eigenvalue weighted by atomic mass is 10.2. The van der Waals surface area contributed by atoms with Crippen LogP contribution in [0.1, 0.15) is 21.6 Å². The van der Waals surface area contributed by atoms with Gasteiger partial charge in [-0.1, -0.05) is 35.5 Å². The highest BCUT2D eigenvalue weighted by Gasteiger charge is 2.22. The number of aromatic nitrogens is 3. The molecule has 0 radical (unpaired) electrons. The van der Waals surface area contributed by atoms with Crippen LogP contribution in [0.15, 0.2) is 65.7 Å². The molecule has 4 N–H and O–H groups in total. The number of esters is 1. The van der Waals surface area contributed by atoms with E-state index in [2.05, 4.69) is 20.9 Å². The van der Waals surface area contributed by atoms with E-state index in [1.54, 1.807) is 0 Å². The van der Waals surface area contributed by atoms with E-state index in [0.29, 0.717) is 17.2 Å². The van der Waals surface area contributed by atoms with Crippen LogP contribution in [0.3, 0.4) is 0 Å². The van der Waals surface area contributed by atoms with Crippen molar-refractivity contribution in [2.24, 2.45) is 5.14 Å². The number of thioether (sulfide) groups is 1. The van der Waals surface area contributed by atoms with E-state index in [1.165, 1.54) is 54.0 Å². The summed E-state index contributed by atoms with van der Waals surface area (Å²) < 4.78 is 28.7. The molecule has 37 heavy (non-hydrogen) atoms. The second-order valence-corrected chi connectivity index (χ2v) is 10.4. The molecule has 0 spiro atoms. The second kappa shape index (κ2) is 13.0. The monoisotopic (exact) mass is 546 g/mol. The van der Waals surface area contributed by atoms with Gasteiger partial charge in [0.2, 0.25) is 15.9 Å². The van der Waals surface area contributed by atoms with Crippen molar-refractivity contribution in [3.8, 4) is 0 Å². The van der Waals surface area contributed by atoms with Crippen LogP contribution >= 0.6 is 11.8 Å². The van der Waals surface area contributed by atoms with Crippen molar-refractivity contribution in [1.29, 1.82) is 0 Å². The van der Waals surface area contributed by atoms with Crippen LogP contribution < -0.4 is 15.8 Å². The van der Waals surface area contributed by atoms with E-state index < -0.39 is 33.8 Å². The number of nitrogens with zero attached hydrogens (tertiary/aromatic N) is 3. The third kappa shape index (κ3) is 8.70. The number of hydrogen-bond donors (Lipinski definition) is 3. The zero-order valence-electron chi connectivity index (χ0n) is 19.9. The van der Waals surface area contributed by atoms with Crippen molar-refractivity contribution < 1.29 is 27.5 Å². The fourth-order valence-electron chi connectivity index (χ4n) is 3.13. The molecule has 1 heterocycles. The number of carbonyl (C=O) groups excluding carboxylic acids is 3. The molecule has 14 heteroatoms. The Hall–Kier alpha value is -3.75. The lowest BCUT2D eigenvalue weighted by molar-refractivity contribution is -0.144. The van der Waals surface area contributed by atoms with E-state index in [-0.39, 0.29) is 23.5 Å². The molecular formula is C23H26N6O6S2. The molecule has 1 aromatic heterocycles. The van der Waals surface area contributed by atoms with E-state index in [1.807, 2.05) is 30.3 Å². The Balaban J connectivity index is 1.48. The van der Waals surface area contributed by atoms with Gasteiger partial charge in [-0.05, 0) is 29.8 Å². The van der Waals surface area contributed by atoms with Crippen molar-refractivity contribution in [2.45, 2.75) is 29.8 Å². The first-order valence-electron chi connectivity index (χ1n) is 10.9. The SMILES string of the molecule is COC(=O)C(CSCc1ccccc1)NC(=O)Cn1cc(CNC(=O)c2ccc(S(N)(=O)=O)cc2)nn1. The quantitative estimate of drug-likeness (QED) is 0.272. The summed E-state index contributed by atoms with van der Waals surface area (Å²) >= 11 is 1.49. The van der Waals surface area contributed by atoms with Gasteiger partial charge in [0.15, 0.2) is 0 Å². The van der Waals surface area contributed by atoms with Gasteiger partial charge in [-0.3, -0.25) is 9.59 Å². The summed E-state index contributed by atoms with van der Waals surface area (Å²) in [4.78, 5) is 36.8. The average molecular weight is 547 g/mol. The van der Waals surface area contributed by atoms with Gasteiger partial charge < -0.3 is 15.4 Å². The Kier molecular flexibility index (Phi) is 9.77. The number of primary sulfonamides is 1. The molecule has 0 aliphatic rings. The van der Waals surface area contributed by atoms with Crippen LogP contribution in [0, 0.1) is 0 Å². The number of sulfonamides is 1. The van der Waals surface area contributed by atoms with Crippen LogP contribution in [-0.2, 0) is 43.2 Å². The highest BCUT2D eigenvalue weighted by atomic mass is 32.2. The van der Waals surface area contributed by atoms with Gasteiger partial charge in [0, 0.05) is 17.1 Å². The molecule has 196 valence electrons. The first-order chi connectivity index (χ1) is 17.7. The summed E-state index contributed by atoms with van der Waals surface area (Å²) in [6.45, 7) is -0.162. The third-order valence-electron chi connectivity index (χ3n) is 4.98. The third-order valence-corrected chi connectivity index (χ3v) is 7.02. The fourth-order valence-corrected chi connectivity index (χ4v) is 4.65. The molecule has 0 bridgehead atoms. The number of rotatable bonds is 12. The minimum atomic E-state index is -3.85. The number of methoxy groups -OCH3 is 1. The maximum atomic E-state index is 12.5. The number of amides is 2. The number of hydrogen-bond acceptors (Lipinski definition) is 9. The van der Waals surface area contributed by atoms with E-state index >= 15 is 0 Å². The van der Waals surface area contributed by atoms with E-state index in [9.17, 15) is 22.8 Å². The largest absolute Gasteiger partial charge is 0.467 e. The van der Waals surface area contributed by atoms with Gasteiger partial charge in [-0.2, -0.15) is 11.8 Å². The molecule has 1 unspecified atom stereocenters. The minimum Gasteiger partial charge on any atom is -0.467 e. The van der Waals surface area contributed by atoms with Crippen molar-refractivity contribution in [2.75, 3.05) is 12.9 Å². The summed E-state index contributed by atoms with van der Waals surface area (Å²) in [6.07, 6.45) is 1.49. The lowest BCUT2D eigenvalue weighted by Crippen LogP contribution is -2.44. The molecule has 3 aromatic rings. The smallest absolute Gasteiger partial charge is 0.329 e. The number of ether oxygens (including phenoxy) is 1. The molecule has 0 saturated carbocycles. The van der Waals surface area contributed by atoms with Crippen molar-refractivity contribution in [3.63, 3.8) is 0 Å². The summed E-state index contributed by atoms with van der Waals surface area (Å²) in [5.41, 5.74) is 1.73. The lowest BCUT2D eigenvalue weighted by Gasteiger charge is -2.16. The predicted octanol–water partition coefficient (Wildman–Crippen LogP) is 0.447. The van der Waals surface area contributed by atoms with Crippen LogP contribution in [-0.4, -0.2) is 60.1 Å². The normalized spacial score (nSPS) is 11.9. The Morgan fingerprint density at radius 2 is 1.81 bits per heavy atom. The second-order valence-electron chi connectivity index (χ2n) is 7.80. The maximum Gasteiger partial charge on any atom is 0.329 e. The molecule has 12 nitrogen and oxygen atoms in total. The van der Waals surface area contributed by atoms with E-state index in [0.717, 1.165) is 5.56 Å². The highest BCUT2D eigenvalue weighted by molar-refractivity contribution is 7.98. The first-order valence-corrected chi connectivity index (χ1v) is 13.6. The Morgan fingerprint density at radius 3 is 2.46 bits per heavy atom. The first kappa shape index (κ1) is 27.8. The molecule has 0 fully saturated rings. The van der Waals surface area contributed by atoms with Gasteiger partial charge in [-0.25, -0.2) is 23.0 Å². The van der Waals surface area contributed by atoms with Gasteiger partial charge in [0.05, 0.1) is 24.7 Å². The summed E-state index contributed by atoms with van der Waals surface area (Å²) in [7, 11) is -2.59. The summed E-state index contributed by atoms with van der Waals surface area (Å²) in [6, 6.07) is 14.1. The molecule has 0 saturated heterocycles. The molecule has 1 atom stereocenters. The predicted molar refractivity (Wildman–Crippen MR) is 136 cm³/mol. The average Bonchev–Trinajstić information content (AvgIpc) is 3.33. The van der Waals surface area contributed by atoms with Crippen LogP contribution in [0.4, 0.5) is 0 Å². The van der Waals surface area contributed by atoms with Crippen molar-refractivity contribution in [3.05, 3.63) is 77.6 Å². The Labute approximate surface area is 218 Å². The topological polar surface area (TPSA) is 175 Å². The number of carbonyl (C=O) groups is 3. The molecular weight excluding hydrogens is 520 g/mol. The summed E-state index contributed by atoms with van der Waals surface area (Å²) in [5.74, 6) is -0.444. The number of benzene rings is 2. The Bertz CT molecular complexity index is 1330. The van der Waals surface area contributed by atoms with Crippen LogP contribution in [0.5, 0.6) is 0 Å². The molecule has 0 aliphatic carbocycles. The molecule has 2 amide bonds. The van der Waals surface area contributed by atoms with E-state index in [4.69, 9.17) is 9.88 Å². The maximum absolute atomic E-state index is 12.5. The zero-order valence-corrected chi connectivity index (χ0v) is 21.5. The molecule has 0 aliphatic heterocycles. The van der Waals surface area contributed by atoms with Gasteiger partial charge in [0.25, 0.3) is 5.91 Å². The number of nitrogens with two attached hydrogens (primary N) is 1. The summed E-state index contributed by atoms with van der Waals surface area (Å²) in [5, 5.41) is 18.1. The molecule has 3 rings (SSSR count). The fraction of sp³-hybridized carbons (Fsp3) is 0.261. The zero-order chi connectivity index (χ0) is 26.8. The minimum absolute atomic E-state index is 0.0261. The highest BCUT2D eigenvalue weighted by Crippen LogP contribution is 2.13. The Morgan fingerprint density at radius 1 is 1.11 bits per heavy atom. The van der Waals surface area contributed by atoms with Gasteiger partial charge in [0.1, 0.15) is 18.3 Å². The molecule has 2 aromatic carbocycles. The van der Waals surface area contributed by atoms with Crippen LogP contribution in [0.25, 0.3) is 0 Å². The number of nitrogens with one attached hydrogen (secondary N) is 2. The standard InChI is InChI=1S/C23H26N6O6S2/c1-35-23(32)20(15-36-14-16-5-3-2-4-6-16)26-21(30)13-29-12-18(27-28-29)11-25-22(31)17-7-9-19(10-8-17)37(24,33)34/h2-10,12,20H,11,13-15H2,1H3,(H,25,31)(H,26,30)(H2,24,33,34). The van der Waals surface area contributed by atoms with Crippen molar-refractivity contribution in [1.82, 2.24) is 25.6 Å². The van der Waals surface area contributed by atoms with Gasteiger partial charge >= 0.3 is 5.97 Å². The van der Waals surface area contributed by atoms with Gasteiger partial charge in [-0.15, -0.1) is 5.10 Å². The van der Waals surface area contributed by atoms with Crippen LogP contribution in [0.2, 0.25) is 0 Å².